The molecule has 3 rings (SSSR count). The second kappa shape index (κ2) is 7.11. The summed E-state index contributed by atoms with van der Waals surface area (Å²) in [5.74, 6) is 1.70. The lowest BCUT2D eigenvalue weighted by atomic mass is 10.1. The molecule has 3 aromatic rings. The molecule has 0 aliphatic heterocycles. The number of hydrogen-bond acceptors (Lipinski definition) is 7. The zero-order valence-electron chi connectivity index (χ0n) is 15.8. The van der Waals surface area contributed by atoms with Crippen molar-refractivity contribution in [2.45, 2.75) is 19.4 Å². The molecular weight excluding hydrogens is 344 g/mol. The Morgan fingerprint density at radius 2 is 1.74 bits per heavy atom. The van der Waals surface area contributed by atoms with E-state index in [1.54, 1.807) is 20.3 Å². The number of aromatic nitrogens is 3. The quantitative estimate of drug-likeness (QED) is 0.666. The first-order valence-electron chi connectivity index (χ1n) is 8.36. The van der Waals surface area contributed by atoms with Crippen LogP contribution < -0.4 is 19.9 Å². The minimum absolute atomic E-state index is 0.123. The van der Waals surface area contributed by atoms with Gasteiger partial charge in [0.15, 0.2) is 17.0 Å². The fraction of sp³-hybridized carbons (Fsp3) is 0.250. The zero-order chi connectivity index (χ0) is 19.6. The van der Waals surface area contributed by atoms with Gasteiger partial charge in [-0.15, -0.1) is 0 Å². The summed E-state index contributed by atoms with van der Waals surface area (Å²) in [6, 6.07) is 9.29. The van der Waals surface area contributed by atoms with Gasteiger partial charge in [0.1, 0.15) is 5.60 Å². The van der Waals surface area contributed by atoms with Crippen molar-refractivity contribution in [1.82, 2.24) is 15.0 Å². The molecule has 2 N–H and O–H groups in total. The van der Waals surface area contributed by atoms with Crippen LogP contribution in [-0.2, 0) is 0 Å². The topological polar surface area (TPSA) is 92.4 Å². The summed E-state index contributed by atoms with van der Waals surface area (Å²) in [7, 11) is 3.19. The van der Waals surface area contributed by atoms with Gasteiger partial charge in [0.2, 0.25) is 11.8 Å². The van der Waals surface area contributed by atoms with Gasteiger partial charge in [0.25, 0.3) is 0 Å². The molecule has 140 valence electrons. The van der Waals surface area contributed by atoms with E-state index in [9.17, 15) is 0 Å². The molecule has 2 aromatic heterocycles. The SMILES string of the molecule is C=CC(C)(C)Oc1nc(N)nc2ccc(-c3ccc(OC)c(OC)c3)nc12. The van der Waals surface area contributed by atoms with Gasteiger partial charge in [-0.25, -0.2) is 9.97 Å². The Morgan fingerprint density at radius 3 is 2.41 bits per heavy atom. The summed E-state index contributed by atoms with van der Waals surface area (Å²) in [6.45, 7) is 7.54. The van der Waals surface area contributed by atoms with Crippen LogP contribution in [0.5, 0.6) is 17.4 Å². The third-order valence-electron chi connectivity index (χ3n) is 4.06. The number of rotatable bonds is 6. The molecule has 0 atom stereocenters. The summed E-state index contributed by atoms with van der Waals surface area (Å²) in [5, 5.41) is 0. The molecule has 0 amide bonds. The van der Waals surface area contributed by atoms with Gasteiger partial charge in [-0.1, -0.05) is 6.58 Å². The van der Waals surface area contributed by atoms with E-state index in [0.29, 0.717) is 28.4 Å². The number of anilines is 1. The average Bonchev–Trinajstić information content (AvgIpc) is 2.66. The number of fused-ring (bicyclic) bond motifs is 1. The normalized spacial score (nSPS) is 11.3. The number of pyridine rings is 1. The maximum Gasteiger partial charge on any atom is 0.246 e. The second-order valence-corrected chi connectivity index (χ2v) is 6.43. The van der Waals surface area contributed by atoms with Crippen LogP contribution in [-0.4, -0.2) is 34.8 Å². The molecule has 2 heterocycles. The first-order valence-corrected chi connectivity index (χ1v) is 8.36. The predicted molar refractivity (Wildman–Crippen MR) is 105 cm³/mol. The van der Waals surface area contributed by atoms with Crippen molar-refractivity contribution in [2.24, 2.45) is 0 Å². The molecule has 0 bridgehead atoms. The molecule has 0 unspecified atom stereocenters. The van der Waals surface area contributed by atoms with Gasteiger partial charge >= 0.3 is 0 Å². The van der Waals surface area contributed by atoms with Gasteiger partial charge < -0.3 is 19.9 Å². The van der Waals surface area contributed by atoms with Crippen molar-refractivity contribution >= 4 is 17.0 Å². The lowest BCUT2D eigenvalue weighted by Gasteiger charge is -2.22. The van der Waals surface area contributed by atoms with Crippen LogP contribution in [0.1, 0.15) is 13.8 Å². The van der Waals surface area contributed by atoms with E-state index in [1.807, 2.05) is 44.2 Å². The van der Waals surface area contributed by atoms with Crippen molar-refractivity contribution in [1.29, 1.82) is 0 Å². The van der Waals surface area contributed by atoms with E-state index in [1.165, 1.54) is 0 Å². The van der Waals surface area contributed by atoms with Crippen molar-refractivity contribution < 1.29 is 14.2 Å². The monoisotopic (exact) mass is 366 g/mol. The van der Waals surface area contributed by atoms with Crippen LogP contribution in [0.3, 0.4) is 0 Å². The maximum absolute atomic E-state index is 5.96. The predicted octanol–water partition coefficient (Wildman–Crippen LogP) is 3.63. The third-order valence-corrected chi connectivity index (χ3v) is 4.06. The van der Waals surface area contributed by atoms with Gasteiger partial charge in [0.05, 0.1) is 25.4 Å². The number of nitrogens with two attached hydrogens (primary N) is 1. The zero-order valence-corrected chi connectivity index (χ0v) is 15.8. The molecular formula is C20H22N4O3. The highest BCUT2D eigenvalue weighted by Gasteiger charge is 2.20. The Bertz CT molecular complexity index is 1000. The highest BCUT2D eigenvalue weighted by molar-refractivity contribution is 5.83. The number of ether oxygens (including phenoxy) is 3. The first-order chi connectivity index (χ1) is 12.9. The maximum atomic E-state index is 5.96. The van der Waals surface area contributed by atoms with E-state index in [4.69, 9.17) is 24.9 Å². The Morgan fingerprint density at radius 1 is 1.00 bits per heavy atom. The minimum Gasteiger partial charge on any atom is -0.493 e. The minimum atomic E-state index is -0.630. The molecule has 0 spiro atoms. The molecule has 7 nitrogen and oxygen atoms in total. The van der Waals surface area contributed by atoms with Crippen LogP contribution in [0, 0.1) is 0 Å². The summed E-state index contributed by atoms with van der Waals surface area (Å²) in [4.78, 5) is 13.2. The van der Waals surface area contributed by atoms with E-state index in [2.05, 4.69) is 16.5 Å². The Labute approximate surface area is 157 Å². The highest BCUT2D eigenvalue weighted by Crippen LogP contribution is 2.33. The molecule has 7 heteroatoms. The number of nitrogens with zero attached hydrogens (tertiary/aromatic N) is 3. The average molecular weight is 366 g/mol. The number of nitrogen functional groups attached to an aromatic ring is 1. The Balaban J connectivity index is 2.14. The lowest BCUT2D eigenvalue weighted by Crippen LogP contribution is -2.25. The van der Waals surface area contributed by atoms with E-state index < -0.39 is 5.60 Å². The fourth-order valence-corrected chi connectivity index (χ4v) is 2.52. The summed E-state index contributed by atoms with van der Waals surface area (Å²) >= 11 is 0. The van der Waals surface area contributed by atoms with Crippen LogP contribution in [0.25, 0.3) is 22.3 Å². The number of methoxy groups -OCH3 is 2. The summed E-state index contributed by atoms with van der Waals surface area (Å²) in [5.41, 5.74) is 7.89. The molecule has 0 aliphatic rings. The van der Waals surface area contributed by atoms with Crippen LogP contribution in [0.2, 0.25) is 0 Å². The smallest absolute Gasteiger partial charge is 0.246 e. The van der Waals surface area contributed by atoms with Gasteiger partial charge in [-0.2, -0.15) is 4.98 Å². The third kappa shape index (κ3) is 3.76. The summed E-state index contributed by atoms with van der Waals surface area (Å²) in [6.07, 6.45) is 1.69. The number of hydrogen-bond donors (Lipinski definition) is 1. The first kappa shape index (κ1) is 18.4. The molecule has 0 saturated carbocycles. The highest BCUT2D eigenvalue weighted by atomic mass is 16.5. The lowest BCUT2D eigenvalue weighted by molar-refractivity contribution is 0.157. The molecule has 1 aromatic carbocycles. The van der Waals surface area contributed by atoms with Crippen molar-refractivity contribution in [3.05, 3.63) is 43.0 Å². The Kier molecular flexibility index (Phi) is 4.85. The molecule has 0 saturated heterocycles. The van der Waals surface area contributed by atoms with Crippen molar-refractivity contribution in [2.75, 3.05) is 20.0 Å². The second-order valence-electron chi connectivity index (χ2n) is 6.43. The van der Waals surface area contributed by atoms with E-state index in [-0.39, 0.29) is 5.95 Å². The molecule has 0 radical (unpaired) electrons. The van der Waals surface area contributed by atoms with Crippen molar-refractivity contribution in [3.63, 3.8) is 0 Å². The van der Waals surface area contributed by atoms with Gasteiger partial charge in [-0.05, 0) is 50.3 Å². The molecule has 27 heavy (non-hydrogen) atoms. The molecule has 0 aliphatic carbocycles. The van der Waals surface area contributed by atoms with E-state index >= 15 is 0 Å². The van der Waals surface area contributed by atoms with Gasteiger partial charge in [-0.3, -0.25) is 0 Å². The summed E-state index contributed by atoms with van der Waals surface area (Å²) < 4.78 is 16.6. The Hall–Kier alpha value is -3.35. The standard InChI is InChI=1S/C20H22N4O3/c1-6-20(2,3)27-18-17-14(23-19(21)24-18)9-8-13(22-17)12-7-10-15(25-4)16(11-12)26-5/h6-11H,1H2,2-5H3,(H2,21,23,24). The van der Waals surface area contributed by atoms with Crippen LogP contribution >= 0.6 is 0 Å². The molecule has 0 fully saturated rings. The largest absolute Gasteiger partial charge is 0.493 e. The number of benzene rings is 1. The van der Waals surface area contributed by atoms with E-state index in [0.717, 1.165) is 11.3 Å². The van der Waals surface area contributed by atoms with Crippen molar-refractivity contribution in [3.8, 4) is 28.6 Å². The van der Waals surface area contributed by atoms with Gasteiger partial charge in [0, 0.05) is 5.56 Å². The fourth-order valence-electron chi connectivity index (χ4n) is 2.52. The van der Waals surface area contributed by atoms with Crippen LogP contribution in [0.4, 0.5) is 5.95 Å². The van der Waals surface area contributed by atoms with Crippen LogP contribution in [0.15, 0.2) is 43.0 Å².